The molecule has 46 heavy (non-hydrogen) atoms. The molecule has 0 fully saturated rings. The molecule has 0 heterocycles. The number of hydrogen-bond donors (Lipinski definition) is 1. The minimum atomic E-state index is -4.24. The van der Waals surface area contributed by atoms with Gasteiger partial charge in [-0.1, -0.05) is 78.7 Å². The number of nitrogens with zero attached hydrogens (tertiary/aromatic N) is 2. The third kappa shape index (κ3) is 8.89. The molecule has 8 nitrogen and oxygen atoms in total. The van der Waals surface area contributed by atoms with Gasteiger partial charge in [0.25, 0.3) is 10.0 Å². The first-order chi connectivity index (χ1) is 22.0. The van der Waals surface area contributed by atoms with Crippen LogP contribution in [0.4, 0.5) is 5.69 Å². The fraction of sp³-hybridized carbons (Fsp3) is 0.278. The summed E-state index contributed by atoms with van der Waals surface area (Å²) in [4.78, 5) is 30.0. The summed E-state index contributed by atoms with van der Waals surface area (Å²) in [5.41, 5.74) is 2.94. The Morgan fingerprint density at radius 1 is 0.891 bits per heavy atom. The summed E-state index contributed by atoms with van der Waals surface area (Å²) in [5.74, 6) is -0.350. The number of halogens is 1. The van der Waals surface area contributed by atoms with Crippen LogP contribution in [0, 0.1) is 6.92 Å². The molecule has 1 N–H and O–H groups in total. The summed E-state index contributed by atoms with van der Waals surface area (Å²) in [6.07, 6.45) is 0.951. The van der Waals surface area contributed by atoms with Crippen molar-refractivity contribution in [3.63, 3.8) is 0 Å². The lowest BCUT2D eigenvalue weighted by Crippen LogP contribution is -2.54. The maximum Gasteiger partial charge on any atom is 0.264 e. The van der Waals surface area contributed by atoms with Crippen LogP contribution in [-0.4, -0.2) is 50.9 Å². The number of sulfonamides is 1. The number of rotatable bonds is 14. The third-order valence-corrected chi connectivity index (χ3v) is 9.79. The van der Waals surface area contributed by atoms with Gasteiger partial charge in [0.15, 0.2) is 0 Å². The second-order valence-corrected chi connectivity index (χ2v) is 13.5. The molecule has 0 aliphatic heterocycles. The van der Waals surface area contributed by atoms with E-state index in [0.717, 1.165) is 21.0 Å². The average Bonchev–Trinajstić information content (AvgIpc) is 3.06. The Labute approximate surface area is 277 Å². The zero-order valence-corrected chi connectivity index (χ0v) is 28.1. The van der Waals surface area contributed by atoms with E-state index in [9.17, 15) is 18.0 Å². The number of amides is 2. The first kappa shape index (κ1) is 34.5. The number of methoxy groups -OCH3 is 1. The van der Waals surface area contributed by atoms with Crippen LogP contribution < -0.4 is 14.4 Å². The molecule has 0 saturated carbocycles. The van der Waals surface area contributed by atoms with Gasteiger partial charge in [-0.2, -0.15) is 0 Å². The highest BCUT2D eigenvalue weighted by molar-refractivity contribution is 7.92. The Kier molecular flexibility index (Phi) is 11.8. The van der Waals surface area contributed by atoms with Gasteiger partial charge in [-0.25, -0.2) is 8.42 Å². The van der Waals surface area contributed by atoms with Gasteiger partial charge in [0.1, 0.15) is 18.3 Å². The van der Waals surface area contributed by atoms with Crippen molar-refractivity contribution in [2.75, 3.05) is 18.0 Å². The van der Waals surface area contributed by atoms with E-state index in [1.807, 2.05) is 75.4 Å². The fourth-order valence-corrected chi connectivity index (χ4v) is 6.55. The molecule has 0 unspecified atom stereocenters. The summed E-state index contributed by atoms with van der Waals surface area (Å²) in [6.45, 7) is 5.39. The van der Waals surface area contributed by atoms with Crippen LogP contribution in [0.15, 0.2) is 108 Å². The number of hydrogen-bond acceptors (Lipinski definition) is 5. The molecule has 2 atom stereocenters. The van der Waals surface area contributed by atoms with E-state index in [1.165, 1.54) is 24.1 Å². The van der Waals surface area contributed by atoms with E-state index in [-0.39, 0.29) is 35.5 Å². The molecule has 4 aromatic rings. The topological polar surface area (TPSA) is 96.0 Å². The summed E-state index contributed by atoms with van der Waals surface area (Å²) in [5, 5.41) is 3.47. The third-order valence-electron chi connectivity index (χ3n) is 7.75. The second-order valence-electron chi connectivity index (χ2n) is 11.2. The van der Waals surface area contributed by atoms with Crippen LogP contribution in [-0.2, 0) is 32.6 Å². The lowest BCUT2D eigenvalue weighted by atomic mass is 10.0. The molecule has 0 spiro atoms. The predicted molar refractivity (Wildman–Crippen MR) is 183 cm³/mol. The molecule has 0 aliphatic carbocycles. The molecular weight excluding hydrogens is 622 g/mol. The number of aryl methyl sites for hydroxylation is 1. The maximum atomic E-state index is 14.5. The molecule has 242 valence electrons. The van der Waals surface area contributed by atoms with Crippen molar-refractivity contribution in [1.29, 1.82) is 0 Å². The van der Waals surface area contributed by atoms with Crippen molar-refractivity contribution in [3.05, 3.63) is 125 Å². The second kappa shape index (κ2) is 15.8. The number of nitrogens with one attached hydrogen (secondary N) is 1. The van der Waals surface area contributed by atoms with Gasteiger partial charge < -0.3 is 15.0 Å². The standard InChI is InChI=1S/C36H40ClN3O5S/c1-5-27(3)38-36(42)34(23-28-11-7-6-8-12-28)39(24-29-13-9-10-26(2)22-29)35(41)25-40(31-16-14-30(37)15-17-31)46(43,44)33-20-18-32(45-4)19-21-33/h6-22,27,34H,5,23-25H2,1-4H3,(H,38,42)/t27-,34+/m1/s1. The highest BCUT2D eigenvalue weighted by Crippen LogP contribution is 2.27. The van der Waals surface area contributed by atoms with Gasteiger partial charge in [0, 0.05) is 24.0 Å². The average molecular weight is 662 g/mol. The minimum absolute atomic E-state index is 0.0170. The molecule has 4 aromatic carbocycles. The quantitative estimate of drug-likeness (QED) is 0.169. The van der Waals surface area contributed by atoms with Crippen LogP contribution in [0.3, 0.4) is 0 Å². The van der Waals surface area contributed by atoms with E-state index < -0.39 is 28.5 Å². The van der Waals surface area contributed by atoms with Gasteiger partial charge >= 0.3 is 0 Å². The highest BCUT2D eigenvalue weighted by atomic mass is 35.5. The van der Waals surface area contributed by atoms with Crippen LogP contribution in [0.1, 0.15) is 37.0 Å². The first-order valence-electron chi connectivity index (χ1n) is 15.1. The molecule has 10 heteroatoms. The number of carbonyl (C=O) groups excluding carboxylic acids is 2. The van der Waals surface area contributed by atoms with Crippen LogP contribution in [0.2, 0.25) is 5.02 Å². The molecule has 2 amide bonds. The fourth-order valence-electron chi connectivity index (χ4n) is 5.01. The zero-order chi connectivity index (χ0) is 33.3. The van der Waals surface area contributed by atoms with E-state index in [4.69, 9.17) is 16.3 Å². The summed E-state index contributed by atoms with van der Waals surface area (Å²) in [7, 11) is -2.75. The molecule has 4 rings (SSSR count). The maximum absolute atomic E-state index is 14.5. The highest BCUT2D eigenvalue weighted by Gasteiger charge is 2.35. The largest absolute Gasteiger partial charge is 0.497 e. The van der Waals surface area contributed by atoms with Gasteiger partial charge in [-0.3, -0.25) is 13.9 Å². The number of anilines is 1. The Bertz CT molecular complexity index is 1720. The SMILES string of the molecule is CC[C@@H](C)NC(=O)[C@H](Cc1ccccc1)N(Cc1cccc(C)c1)C(=O)CN(c1ccc(Cl)cc1)S(=O)(=O)c1ccc(OC)cc1. The van der Waals surface area contributed by atoms with Crippen LogP contribution >= 0.6 is 11.6 Å². The number of benzene rings is 4. The van der Waals surface area contributed by atoms with Crippen molar-refractivity contribution in [2.45, 2.75) is 57.1 Å². The van der Waals surface area contributed by atoms with Gasteiger partial charge in [0.2, 0.25) is 11.8 Å². The van der Waals surface area contributed by atoms with Crippen LogP contribution in [0.5, 0.6) is 5.75 Å². The van der Waals surface area contributed by atoms with Crippen molar-refractivity contribution in [2.24, 2.45) is 0 Å². The Balaban J connectivity index is 1.80. The lowest BCUT2D eigenvalue weighted by Gasteiger charge is -2.34. The van der Waals surface area contributed by atoms with Gasteiger partial charge in [0.05, 0.1) is 17.7 Å². The molecule has 0 bridgehead atoms. The lowest BCUT2D eigenvalue weighted by molar-refractivity contribution is -0.140. The normalized spacial score (nSPS) is 12.5. The number of ether oxygens (including phenoxy) is 1. The molecule has 0 radical (unpaired) electrons. The molecule has 0 aromatic heterocycles. The summed E-state index contributed by atoms with van der Waals surface area (Å²) >= 11 is 6.15. The monoisotopic (exact) mass is 661 g/mol. The smallest absolute Gasteiger partial charge is 0.264 e. The molecule has 0 aliphatic rings. The Morgan fingerprint density at radius 3 is 2.15 bits per heavy atom. The zero-order valence-electron chi connectivity index (χ0n) is 26.5. The van der Waals surface area contributed by atoms with E-state index in [1.54, 1.807) is 36.4 Å². The molecule has 0 saturated heterocycles. The minimum Gasteiger partial charge on any atom is -0.497 e. The van der Waals surface area contributed by atoms with E-state index in [2.05, 4.69) is 5.32 Å². The Morgan fingerprint density at radius 2 is 1.54 bits per heavy atom. The van der Waals surface area contributed by atoms with Crippen molar-refractivity contribution in [1.82, 2.24) is 10.2 Å². The summed E-state index contributed by atoms with van der Waals surface area (Å²) < 4.78 is 34.6. The van der Waals surface area contributed by atoms with Crippen molar-refractivity contribution in [3.8, 4) is 5.75 Å². The van der Waals surface area contributed by atoms with Crippen LogP contribution in [0.25, 0.3) is 0 Å². The molecular formula is C36H40ClN3O5S. The van der Waals surface area contributed by atoms with Crippen molar-refractivity contribution >= 4 is 39.1 Å². The number of carbonyl (C=O) groups is 2. The first-order valence-corrected chi connectivity index (χ1v) is 16.9. The van der Waals surface area contributed by atoms with Gasteiger partial charge in [-0.05, 0) is 79.9 Å². The van der Waals surface area contributed by atoms with E-state index >= 15 is 0 Å². The van der Waals surface area contributed by atoms with E-state index in [0.29, 0.717) is 17.2 Å². The Hall–Kier alpha value is -4.34. The van der Waals surface area contributed by atoms with Crippen molar-refractivity contribution < 1.29 is 22.7 Å². The van der Waals surface area contributed by atoms with Gasteiger partial charge in [-0.15, -0.1) is 0 Å². The predicted octanol–water partition coefficient (Wildman–Crippen LogP) is 6.41. The summed E-state index contributed by atoms with van der Waals surface area (Å²) in [6, 6.07) is 28.4.